The third-order valence-electron chi connectivity index (χ3n) is 4.89. The molecule has 2 aliphatic carbocycles. The van der Waals surface area contributed by atoms with Crippen LogP contribution in [0.25, 0.3) is 0 Å². The van der Waals surface area contributed by atoms with Gasteiger partial charge in [-0.3, -0.25) is 9.59 Å². The molecule has 3 rings (SSSR count). The molecule has 2 fully saturated rings. The maximum atomic E-state index is 13.6. The van der Waals surface area contributed by atoms with Crippen LogP contribution in [0.3, 0.4) is 0 Å². The zero-order valence-corrected chi connectivity index (χ0v) is 12.7. The monoisotopic (exact) mass is 304 g/mol. The van der Waals surface area contributed by atoms with Gasteiger partial charge < -0.3 is 10.6 Å². The molecule has 2 amide bonds. The van der Waals surface area contributed by atoms with Crippen molar-refractivity contribution in [3.05, 3.63) is 24.0 Å². The SMILES string of the molecule is CC(=O)Nc1cc(NC(=O)CC2CC3CCC2C3)ccc1F. The lowest BCUT2D eigenvalue weighted by Crippen LogP contribution is -2.20. The van der Waals surface area contributed by atoms with E-state index >= 15 is 0 Å². The van der Waals surface area contributed by atoms with Crippen molar-refractivity contribution in [2.45, 2.75) is 39.0 Å². The van der Waals surface area contributed by atoms with E-state index in [9.17, 15) is 14.0 Å². The summed E-state index contributed by atoms with van der Waals surface area (Å²) in [5.41, 5.74) is 0.600. The number of hydrogen-bond acceptors (Lipinski definition) is 2. The van der Waals surface area contributed by atoms with Crippen LogP contribution in [0.15, 0.2) is 18.2 Å². The third kappa shape index (κ3) is 3.29. The quantitative estimate of drug-likeness (QED) is 0.893. The first-order valence-corrected chi connectivity index (χ1v) is 7.88. The molecule has 0 aliphatic heterocycles. The van der Waals surface area contributed by atoms with Crippen LogP contribution in [-0.4, -0.2) is 11.8 Å². The van der Waals surface area contributed by atoms with E-state index in [1.807, 2.05) is 0 Å². The van der Waals surface area contributed by atoms with Gasteiger partial charge in [0.15, 0.2) is 0 Å². The van der Waals surface area contributed by atoms with Crippen LogP contribution in [0.1, 0.15) is 39.0 Å². The maximum absolute atomic E-state index is 13.6. The van der Waals surface area contributed by atoms with E-state index in [2.05, 4.69) is 10.6 Å². The highest BCUT2D eigenvalue weighted by molar-refractivity contribution is 5.93. The highest BCUT2D eigenvalue weighted by atomic mass is 19.1. The summed E-state index contributed by atoms with van der Waals surface area (Å²) in [4.78, 5) is 23.2. The Kier molecular flexibility index (Phi) is 4.14. The summed E-state index contributed by atoms with van der Waals surface area (Å²) in [6, 6.07) is 4.22. The molecular formula is C17H21FN2O2. The van der Waals surface area contributed by atoms with Crippen molar-refractivity contribution in [2.24, 2.45) is 17.8 Å². The lowest BCUT2D eigenvalue weighted by Gasteiger charge is -2.21. The Labute approximate surface area is 129 Å². The molecule has 0 radical (unpaired) electrons. The number of rotatable bonds is 4. The van der Waals surface area contributed by atoms with E-state index < -0.39 is 5.82 Å². The molecule has 2 N–H and O–H groups in total. The predicted molar refractivity (Wildman–Crippen MR) is 82.9 cm³/mol. The van der Waals surface area contributed by atoms with Crippen molar-refractivity contribution in [1.82, 2.24) is 0 Å². The van der Waals surface area contributed by atoms with E-state index in [0.29, 0.717) is 23.9 Å². The summed E-state index contributed by atoms with van der Waals surface area (Å²) in [7, 11) is 0. The molecule has 2 saturated carbocycles. The average Bonchev–Trinajstić information content (AvgIpc) is 3.04. The lowest BCUT2D eigenvalue weighted by molar-refractivity contribution is -0.117. The van der Waals surface area contributed by atoms with Crippen molar-refractivity contribution in [1.29, 1.82) is 0 Å². The molecule has 22 heavy (non-hydrogen) atoms. The van der Waals surface area contributed by atoms with Gasteiger partial charge in [-0.1, -0.05) is 6.42 Å². The molecule has 0 spiro atoms. The normalized spacial score (nSPS) is 26.0. The van der Waals surface area contributed by atoms with E-state index in [0.717, 1.165) is 5.92 Å². The van der Waals surface area contributed by atoms with Crippen LogP contribution >= 0.6 is 0 Å². The zero-order valence-electron chi connectivity index (χ0n) is 12.7. The number of fused-ring (bicyclic) bond motifs is 2. The molecule has 1 aromatic rings. The molecule has 0 heterocycles. The Balaban J connectivity index is 1.60. The molecule has 4 nitrogen and oxygen atoms in total. The van der Waals surface area contributed by atoms with Crippen LogP contribution in [0.2, 0.25) is 0 Å². The Morgan fingerprint density at radius 1 is 1.23 bits per heavy atom. The topological polar surface area (TPSA) is 58.2 Å². The Morgan fingerprint density at radius 3 is 2.68 bits per heavy atom. The molecule has 3 unspecified atom stereocenters. The van der Waals surface area contributed by atoms with Crippen LogP contribution < -0.4 is 10.6 Å². The number of benzene rings is 1. The number of carbonyl (C=O) groups is 2. The second kappa shape index (κ2) is 6.07. The van der Waals surface area contributed by atoms with Gasteiger partial charge >= 0.3 is 0 Å². The van der Waals surface area contributed by atoms with E-state index in [1.54, 1.807) is 0 Å². The van der Waals surface area contributed by atoms with Gasteiger partial charge in [-0.25, -0.2) is 4.39 Å². The number of carbonyl (C=O) groups excluding carboxylic acids is 2. The minimum atomic E-state index is -0.513. The summed E-state index contributed by atoms with van der Waals surface area (Å²) in [5, 5.41) is 5.23. The molecule has 118 valence electrons. The first-order valence-electron chi connectivity index (χ1n) is 7.88. The highest BCUT2D eigenvalue weighted by Crippen LogP contribution is 2.49. The van der Waals surface area contributed by atoms with Crippen LogP contribution in [0.5, 0.6) is 0 Å². The number of halogens is 1. The second-order valence-corrected chi connectivity index (χ2v) is 6.56. The fourth-order valence-electron chi connectivity index (χ4n) is 3.97. The molecule has 3 atom stereocenters. The first kappa shape index (κ1) is 15.0. The fourth-order valence-corrected chi connectivity index (χ4v) is 3.97. The molecular weight excluding hydrogens is 283 g/mol. The van der Waals surface area contributed by atoms with Crippen molar-refractivity contribution >= 4 is 23.2 Å². The van der Waals surface area contributed by atoms with E-state index in [1.165, 1.54) is 50.8 Å². The maximum Gasteiger partial charge on any atom is 0.224 e. The highest BCUT2D eigenvalue weighted by Gasteiger charge is 2.40. The minimum Gasteiger partial charge on any atom is -0.326 e. The predicted octanol–water partition coefficient (Wildman–Crippen LogP) is 3.55. The number of nitrogens with one attached hydrogen (secondary N) is 2. The zero-order chi connectivity index (χ0) is 15.7. The lowest BCUT2D eigenvalue weighted by atomic mass is 9.86. The van der Waals surface area contributed by atoms with Crippen molar-refractivity contribution in [3.63, 3.8) is 0 Å². The van der Waals surface area contributed by atoms with Crippen LogP contribution in [0, 0.1) is 23.6 Å². The van der Waals surface area contributed by atoms with Crippen LogP contribution in [-0.2, 0) is 9.59 Å². The average molecular weight is 304 g/mol. The van der Waals surface area contributed by atoms with E-state index in [4.69, 9.17) is 0 Å². The molecule has 2 bridgehead atoms. The fraction of sp³-hybridized carbons (Fsp3) is 0.529. The standard InChI is InChI=1S/C17H21FN2O2/c1-10(21)19-16-9-14(4-5-15(16)18)20-17(22)8-13-7-11-2-3-12(13)6-11/h4-5,9,11-13H,2-3,6-8H2,1H3,(H,19,21)(H,20,22). The number of hydrogen-bond donors (Lipinski definition) is 2. The number of amides is 2. The summed E-state index contributed by atoms with van der Waals surface area (Å²) >= 11 is 0. The van der Waals surface area contributed by atoms with Gasteiger partial charge in [0.1, 0.15) is 5.82 Å². The summed E-state index contributed by atoms with van der Waals surface area (Å²) in [6.07, 6.45) is 5.56. The molecule has 5 heteroatoms. The molecule has 0 aromatic heterocycles. The Hall–Kier alpha value is -1.91. The Morgan fingerprint density at radius 2 is 2.05 bits per heavy atom. The second-order valence-electron chi connectivity index (χ2n) is 6.56. The van der Waals surface area contributed by atoms with Crippen molar-refractivity contribution in [3.8, 4) is 0 Å². The van der Waals surface area contributed by atoms with Gasteiger partial charge in [0.05, 0.1) is 5.69 Å². The van der Waals surface area contributed by atoms with Crippen molar-refractivity contribution in [2.75, 3.05) is 10.6 Å². The van der Waals surface area contributed by atoms with Gasteiger partial charge in [-0.05, 0) is 55.2 Å². The third-order valence-corrected chi connectivity index (χ3v) is 4.89. The minimum absolute atomic E-state index is 0.0297. The van der Waals surface area contributed by atoms with Gasteiger partial charge in [-0.2, -0.15) is 0 Å². The summed E-state index contributed by atoms with van der Waals surface area (Å²) < 4.78 is 13.6. The van der Waals surface area contributed by atoms with E-state index in [-0.39, 0.29) is 17.5 Å². The summed E-state index contributed by atoms with van der Waals surface area (Å²) in [5.74, 6) is 1.14. The first-order chi connectivity index (χ1) is 10.5. The van der Waals surface area contributed by atoms with Gasteiger partial charge in [-0.15, -0.1) is 0 Å². The molecule has 2 aliphatic rings. The Bertz CT molecular complexity index is 602. The van der Waals surface area contributed by atoms with Gasteiger partial charge in [0.2, 0.25) is 11.8 Å². The number of anilines is 2. The molecule has 1 aromatic carbocycles. The molecule has 0 saturated heterocycles. The van der Waals surface area contributed by atoms with Gasteiger partial charge in [0, 0.05) is 19.0 Å². The largest absolute Gasteiger partial charge is 0.326 e. The van der Waals surface area contributed by atoms with Crippen molar-refractivity contribution < 1.29 is 14.0 Å². The summed E-state index contributed by atoms with van der Waals surface area (Å²) in [6.45, 7) is 1.32. The van der Waals surface area contributed by atoms with Crippen LogP contribution in [0.4, 0.5) is 15.8 Å². The smallest absolute Gasteiger partial charge is 0.224 e. The van der Waals surface area contributed by atoms with Gasteiger partial charge in [0.25, 0.3) is 0 Å².